The molecule has 0 aliphatic carbocycles. The minimum atomic E-state index is -0.0299. The molecule has 116 valence electrons. The minimum Gasteiger partial charge on any atom is -0.312 e. The van der Waals surface area contributed by atoms with Gasteiger partial charge in [0.2, 0.25) is 5.91 Å². The molecular weight excluding hydrogens is 298 g/mol. The molecule has 0 unspecified atom stereocenters. The van der Waals surface area contributed by atoms with E-state index < -0.39 is 0 Å². The lowest BCUT2D eigenvalue weighted by Crippen LogP contribution is -2.25. The zero-order valence-electron chi connectivity index (χ0n) is 13.0. The normalized spacial score (nSPS) is 13.7. The Bertz CT molecular complexity index is 776. The molecule has 6 heteroatoms. The Labute approximate surface area is 133 Å². The molecule has 0 saturated heterocycles. The number of nitrogens with zero attached hydrogens (tertiary/aromatic N) is 2. The highest BCUT2D eigenvalue weighted by Gasteiger charge is 2.23. The van der Waals surface area contributed by atoms with E-state index in [1.165, 1.54) is 11.3 Å². The van der Waals surface area contributed by atoms with Crippen molar-refractivity contribution in [3.8, 4) is 11.3 Å². The number of amides is 1. The third-order valence-electron chi connectivity index (χ3n) is 3.83. The average molecular weight is 317 g/mol. The summed E-state index contributed by atoms with van der Waals surface area (Å²) in [5, 5.41) is 0. The van der Waals surface area contributed by atoms with Crippen molar-refractivity contribution in [2.24, 2.45) is 0 Å². The van der Waals surface area contributed by atoms with Crippen molar-refractivity contribution >= 4 is 22.9 Å². The molecule has 2 aromatic rings. The predicted octanol–water partition coefficient (Wildman–Crippen LogP) is 2.07. The van der Waals surface area contributed by atoms with Crippen molar-refractivity contribution < 1.29 is 4.79 Å². The highest BCUT2D eigenvalue weighted by Crippen LogP contribution is 2.33. The number of aromatic nitrogens is 1. The molecule has 1 aromatic heterocycles. The molecule has 1 N–H and O–H groups in total. The fraction of sp³-hybridized carbons (Fsp3) is 0.375. The van der Waals surface area contributed by atoms with Gasteiger partial charge in [0.1, 0.15) is 0 Å². The zero-order chi connectivity index (χ0) is 15.9. The third-order valence-corrected chi connectivity index (χ3v) is 4.69. The van der Waals surface area contributed by atoms with Crippen LogP contribution < -0.4 is 9.77 Å². The Morgan fingerprint density at radius 2 is 2.18 bits per heavy atom. The van der Waals surface area contributed by atoms with Crippen LogP contribution in [0.25, 0.3) is 11.3 Å². The van der Waals surface area contributed by atoms with Crippen molar-refractivity contribution in [3.63, 3.8) is 0 Å². The Morgan fingerprint density at radius 1 is 1.41 bits per heavy atom. The number of aromatic amines is 1. The van der Waals surface area contributed by atoms with Gasteiger partial charge in [-0.3, -0.25) is 9.59 Å². The molecule has 0 fully saturated rings. The maximum atomic E-state index is 11.7. The van der Waals surface area contributed by atoms with Crippen LogP contribution in [0, 0.1) is 0 Å². The molecular formula is C16H19N3O2S. The molecule has 1 aromatic carbocycles. The van der Waals surface area contributed by atoms with Crippen LogP contribution in [-0.2, 0) is 17.8 Å². The van der Waals surface area contributed by atoms with Crippen LogP contribution in [0.15, 0.2) is 23.0 Å². The van der Waals surface area contributed by atoms with E-state index >= 15 is 0 Å². The molecule has 22 heavy (non-hydrogen) atoms. The van der Waals surface area contributed by atoms with E-state index in [0.29, 0.717) is 0 Å². The summed E-state index contributed by atoms with van der Waals surface area (Å²) in [4.78, 5) is 31.2. The molecule has 0 bridgehead atoms. The van der Waals surface area contributed by atoms with Crippen molar-refractivity contribution in [1.29, 1.82) is 0 Å². The van der Waals surface area contributed by atoms with Gasteiger partial charge in [-0.05, 0) is 43.8 Å². The first-order valence-electron chi connectivity index (χ1n) is 7.24. The summed E-state index contributed by atoms with van der Waals surface area (Å²) in [6, 6.07) is 6.06. The largest absolute Gasteiger partial charge is 0.312 e. The molecule has 2 heterocycles. The standard InChI is InChI=1S/C16H19N3O2S/c1-10(20)19-7-6-11-8-12(4-5-13(11)19)15-14(9-18(2)3)22-16(21)17-15/h4-5,8H,6-7,9H2,1-3H3,(H,17,21). The van der Waals surface area contributed by atoms with Gasteiger partial charge in [0.05, 0.1) is 5.69 Å². The smallest absolute Gasteiger partial charge is 0.305 e. The number of anilines is 1. The van der Waals surface area contributed by atoms with Gasteiger partial charge in [0.15, 0.2) is 0 Å². The summed E-state index contributed by atoms with van der Waals surface area (Å²) in [5.74, 6) is 0.0729. The summed E-state index contributed by atoms with van der Waals surface area (Å²) in [6.45, 7) is 3.06. The molecule has 1 aliphatic heterocycles. The van der Waals surface area contributed by atoms with E-state index in [2.05, 4.69) is 11.1 Å². The first-order chi connectivity index (χ1) is 10.5. The average Bonchev–Trinajstić information content (AvgIpc) is 3.00. The van der Waals surface area contributed by atoms with E-state index in [1.807, 2.05) is 31.1 Å². The SMILES string of the molecule is CC(=O)N1CCc2cc(-c3[nH]c(=O)sc3CN(C)C)ccc21. The van der Waals surface area contributed by atoms with Gasteiger partial charge in [-0.1, -0.05) is 17.4 Å². The van der Waals surface area contributed by atoms with E-state index in [4.69, 9.17) is 0 Å². The molecule has 3 rings (SSSR count). The fourth-order valence-electron chi connectivity index (χ4n) is 2.88. The van der Waals surface area contributed by atoms with E-state index in [1.54, 1.807) is 11.8 Å². The molecule has 1 aliphatic rings. The number of fused-ring (bicyclic) bond motifs is 1. The number of H-pyrrole nitrogens is 1. The lowest BCUT2D eigenvalue weighted by atomic mass is 10.1. The lowest BCUT2D eigenvalue weighted by molar-refractivity contribution is -0.116. The molecule has 0 spiro atoms. The van der Waals surface area contributed by atoms with Crippen molar-refractivity contribution in [1.82, 2.24) is 9.88 Å². The van der Waals surface area contributed by atoms with E-state index in [0.717, 1.165) is 46.9 Å². The number of carbonyl (C=O) groups is 1. The van der Waals surface area contributed by atoms with Gasteiger partial charge < -0.3 is 14.8 Å². The summed E-state index contributed by atoms with van der Waals surface area (Å²) in [7, 11) is 3.98. The minimum absolute atomic E-state index is 0.0299. The van der Waals surface area contributed by atoms with Gasteiger partial charge in [0, 0.05) is 30.6 Å². The molecule has 0 radical (unpaired) electrons. The topological polar surface area (TPSA) is 56.4 Å². The maximum absolute atomic E-state index is 11.7. The quantitative estimate of drug-likeness (QED) is 0.943. The number of rotatable bonds is 3. The second-order valence-corrected chi connectivity index (χ2v) is 6.88. The predicted molar refractivity (Wildman–Crippen MR) is 89.5 cm³/mol. The Morgan fingerprint density at radius 3 is 2.86 bits per heavy atom. The van der Waals surface area contributed by atoms with Gasteiger partial charge in [-0.2, -0.15) is 0 Å². The monoisotopic (exact) mass is 317 g/mol. The lowest BCUT2D eigenvalue weighted by Gasteiger charge is -2.15. The van der Waals surface area contributed by atoms with E-state index in [9.17, 15) is 9.59 Å². The number of thiazole rings is 1. The molecule has 0 atom stereocenters. The Hall–Kier alpha value is -1.92. The van der Waals surface area contributed by atoms with Gasteiger partial charge in [-0.15, -0.1) is 0 Å². The van der Waals surface area contributed by atoms with Crippen LogP contribution in [0.1, 0.15) is 17.4 Å². The summed E-state index contributed by atoms with van der Waals surface area (Å²) >= 11 is 1.26. The Balaban J connectivity index is 2.01. The van der Waals surface area contributed by atoms with Crippen LogP contribution in [0.2, 0.25) is 0 Å². The van der Waals surface area contributed by atoms with Gasteiger partial charge >= 0.3 is 4.87 Å². The van der Waals surface area contributed by atoms with Crippen LogP contribution in [0.4, 0.5) is 5.69 Å². The van der Waals surface area contributed by atoms with E-state index in [-0.39, 0.29) is 10.8 Å². The maximum Gasteiger partial charge on any atom is 0.305 e. The van der Waals surface area contributed by atoms with Crippen LogP contribution >= 0.6 is 11.3 Å². The van der Waals surface area contributed by atoms with Crippen molar-refractivity contribution in [2.75, 3.05) is 25.5 Å². The number of benzene rings is 1. The summed E-state index contributed by atoms with van der Waals surface area (Å²) in [5.41, 5.74) is 4.06. The number of carbonyl (C=O) groups excluding carboxylic acids is 1. The number of nitrogens with one attached hydrogen (secondary N) is 1. The van der Waals surface area contributed by atoms with Crippen LogP contribution in [0.3, 0.4) is 0 Å². The number of hydrogen-bond donors (Lipinski definition) is 1. The van der Waals surface area contributed by atoms with Crippen LogP contribution in [-0.4, -0.2) is 36.4 Å². The summed E-state index contributed by atoms with van der Waals surface area (Å²) < 4.78 is 0. The second-order valence-electron chi connectivity index (χ2n) is 5.81. The third kappa shape index (κ3) is 2.71. The Kier molecular flexibility index (Phi) is 3.88. The summed E-state index contributed by atoms with van der Waals surface area (Å²) in [6.07, 6.45) is 0.861. The number of hydrogen-bond acceptors (Lipinski definition) is 4. The van der Waals surface area contributed by atoms with Crippen molar-refractivity contribution in [3.05, 3.63) is 38.3 Å². The highest BCUT2D eigenvalue weighted by atomic mass is 32.1. The van der Waals surface area contributed by atoms with Gasteiger partial charge in [-0.25, -0.2) is 0 Å². The molecule has 5 nitrogen and oxygen atoms in total. The van der Waals surface area contributed by atoms with Crippen molar-refractivity contribution in [2.45, 2.75) is 19.9 Å². The highest BCUT2D eigenvalue weighted by molar-refractivity contribution is 7.09. The first-order valence-corrected chi connectivity index (χ1v) is 8.05. The second kappa shape index (κ2) is 5.70. The van der Waals surface area contributed by atoms with Gasteiger partial charge in [0.25, 0.3) is 0 Å². The molecule has 1 amide bonds. The molecule has 0 saturated carbocycles. The van der Waals surface area contributed by atoms with Crippen LogP contribution in [0.5, 0.6) is 0 Å². The first kappa shape index (κ1) is 15.0. The zero-order valence-corrected chi connectivity index (χ0v) is 13.8. The fourth-order valence-corrected chi connectivity index (χ4v) is 3.85.